The minimum atomic E-state index is -0.595. The van der Waals surface area contributed by atoms with Gasteiger partial charge in [0.05, 0.1) is 30.0 Å². The topological polar surface area (TPSA) is 115 Å². The number of carbonyl (C=O) groups excluding carboxylic acids is 3. The third kappa shape index (κ3) is 7.04. The number of nitrogens with zero attached hydrogens (tertiary/aromatic N) is 3. The largest absolute Gasteiger partial charge is 0.462 e. The van der Waals surface area contributed by atoms with Crippen molar-refractivity contribution in [1.82, 2.24) is 20.1 Å². The Kier molecular flexibility index (Phi) is 10.1. The number of aromatic nitrogens is 3. The number of fused-ring (bicyclic) bond motifs is 1. The van der Waals surface area contributed by atoms with Gasteiger partial charge in [-0.2, -0.15) is 0 Å². The second-order valence-corrected chi connectivity index (χ2v) is 11.1. The maximum atomic E-state index is 14.0. The van der Waals surface area contributed by atoms with Crippen molar-refractivity contribution in [3.8, 4) is 0 Å². The second kappa shape index (κ2) is 13.7. The maximum absolute atomic E-state index is 14.0. The number of benzene rings is 1. The SMILES string of the molecule is CCCCn1c(CNC(=O)c2ccccc2F)nnc1SCC(=O)Nc1sc2c(c1C(=O)OCC)CCCC2. The lowest BCUT2D eigenvalue weighted by molar-refractivity contribution is -0.113. The number of thioether (sulfide) groups is 1. The Bertz CT molecular complexity index is 1340. The molecule has 2 aromatic heterocycles. The van der Waals surface area contributed by atoms with E-state index in [1.165, 1.54) is 41.3 Å². The lowest BCUT2D eigenvalue weighted by atomic mass is 9.95. The Balaban J connectivity index is 1.43. The van der Waals surface area contributed by atoms with Crippen LogP contribution in [0.3, 0.4) is 0 Å². The number of ether oxygens (including phenoxy) is 1. The molecule has 2 heterocycles. The fourth-order valence-corrected chi connectivity index (χ4v) is 6.44. The standard InChI is InChI=1S/C27H32FN5O4S2/c1-3-5-14-33-21(15-29-24(35)17-10-6-8-12-19(17)28)31-32-27(33)38-16-22(34)30-25-23(26(36)37-4-2)18-11-7-9-13-20(18)39-25/h6,8,10,12H,3-5,7,9,11,13-16H2,1-2H3,(H,29,35)(H,30,34). The molecule has 2 amide bonds. The number of halogens is 1. The normalized spacial score (nSPS) is 12.6. The molecule has 0 saturated heterocycles. The molecule has 4 rings (SSSR count). The Morgan fingerprint density at radius 3 is 2.72 bits per heavy atom. The number of hydrogen-bond acceptors (Lipinski definition) is 8. The number of carbonyl (C=O) groups is 3. The van der Waals surface area contributed by atoms with Crippen molar-refractivity contribution in [2.75, 3.05) is 17.7 Å². The molecule has 0 unspecified atom stereocenters. The first-order chi connectivity index (χ1) is 18.9. The number of anilines is 1. The fourth-order valence-electron chi connectivity index (χ4n) is 4.36. The zero-order valence-corrected chi connectivity index (χ0v) is 23.7. The van der Waals surface area contributed by atoms with E-state index in [2.05, 4.69) is 27.8 Å². The van der Waals surface area contributed by atoms with E-state index in [0.29, 0.717) is 28.1 Å². The highest BCUT2D eigenvalue weighted by Gasteiger charge is 2.27. The molecule has 0 saturated carbocycles. The number of amides is 2. The monoisotopic (exact) mass is 573 g/mol. The molecule has 1 aliphatic rings. The zero-order chi connectivity index (χ0) is 27.8. The van der Waals surface area contributed by atoms with Crippen LogP contribution >= 0.6 is 23.1 Å². The van der Waals surface area contributed by atoms with Gasteiger partial charge in [0.25, 0.3) is 5.91 Å². The third-order valence-electron chi connectivity index (χ3n) is 6.29. The van der Waals surface area contributed by atoms with E-state index < -0.39 is 17.7 Å². The van der Waals surface area contributed by atoms with Crippen LogP contribution in [-0.2, 0) is 35.5 Å². The van der Waals surface area contributed by atoms with E-state index in [1.807, 2.05) is 4.57 Å². The van der Waals surface area contributed by atoms with E-state index in [-0.39, 0.29) is 30.4 Å². The maximum Gasteiger partial charge on any atom is 0.341 e. The van der Waals surface area contributed by atoms with Crippen molar-refractivity contribution in [2.45, 2.75) is 70.6 Å². The Morgan fingerprint density at radius 2 is 1.95 bits per heavy atom. The Hall–Kier alpha value is -3.25. The number of aryl methyl sites for hydroxylation is 1. The van der Waals surface area contributed by atoms with E-state index in [0.717, 1.165) is 49.0 Å². The summed E-state index contributed by atoms with van der Waals surface area (Å²) in [5, 5.41) is 15.2. The molecule has 208 valence electrons. The molecule has 0 aliphatic heterocycles. The van der Waals surface area contributed by atoms with Crippen LogP contribution in [0.2, 0.25) is 0 Å². The molecule has 0 atom stereocenters. The van der Waals surface area contributed by atoms with E-state index in [1.54, 1.807) is 13.0 Å². The van der Waals surface area contributed by atoms with Crippen LogP contribution < -0.4 is 10.6 Å². The third-order valence-corrected chi connectivity index (χ3v) is 8.46. The van der Waals surface area contributed by atoms with E-state index >= 15 is 0 Å². The average Bonchev–Trinajstić information content (AvgIpc) is 3.49. The van der Waals surface area contributed by atoms with Gasteiger partial charge in [0.1, 0.15) is 10.8 Å². The highest BCUT2D eigenvalue weighted by molar-refractivity contribution is 7.99. The van der Waals surface area contributed by atoms with Gasteiger partial charge in [0.15, 0.2) is 11.0 Å². The summed E-state index contributed by atoms with van der Waals surface area (Å²) in [5.74, 6) is -1.21. The molecule has 3 aromatic rings. The first kappa shape index (κ1) is 28.8. The molecule has 1 aromatic carbocycles. The van der Waals surface area contributed by atoms with Crippen molar-refractivity contribution in [3.05, 3.63) is 57.5 Å². The number of rotatable bonds is 12. The number of thiophene rings is 1. The Labute approximate surface area is 234 Å². The lowest BCUT2D eigenvalue weighted by Gasteiger charge is -2.12. The van der Waals surface area contributed by atoms with Gasteiger partial charge in [-0.1, -0.05) is 37.2 Å². The highest BCUT2D eigenvalue weighted by Crippen LogP contribution is 2.38. The zero-order valence-electron chi connectivity index (χ0n) is 22.0. The Morgan fingerprint density at radius 1 is 1.15 bits per heavy atom. The van der Waals surface area contributed by atoms with Gasteiger partial charge in [-0.3, -0.25) is 9.59 Å². The van der Waals surface area contributed by atoms with Crippen molar-refractivity contribution < 1.29 is 23.5 Å². The average molecular weight is 574 g/mol. The number of unbranched alkanes of at least 4 members (excludes halogenated alkanes) is 1. The van der Waals surface area contributed by atoms with Crippen LogP contribution in [0.1, 0.15) is 76.5 Å². The molecule has 2 N–H and O–H groups in total. The molecule has 0 bridgehead atoms. The lowest BCUT2D eigenvalue weighted by Crippen LogP contribution is -2.25. The minimum absolute atomic E-state index is 0.0409. The summed E-state index contributed by atoms with van der Waals surface area (Å²) in [6, 6.07) is 5.78. The van der Waals surface area contributed by atoms with Crippen LogP contribution in [0.4, 0.5) is 9.39 Å². The predicted octanol–water partition coefficient (Wildman–Crippen LogP) is 5.00. The van der Waals surface area contributed by atoms with Gasteiger partial charge >= 0.3 is 5.97 Å². The summed E-state index contributed by atoms with van der Waals surface area (Å²) in [7, 11) is 0. The molecule has 0 fully saturated rings. The summed E-state index contributed by atoms with van der Waals surface area (Å²) in [6.07, 6.45) is 5.57. The first-order valence-electron chi connectivity index (χ1n) is 13.1. The minimum Gasteiger partial charge on any atom is -0.462 e. The van der Waals surface area contributed by atoms with Crippen LogP contribution in [0.25, 0.3) is 0 Å². The van der Waals surface area contributed by atoms with Gasteiger partial charge in [0, 0.05) is 11.4 Å². The van der Waals surface area contributed by atoms with Crippen LogP contribution in [-0.4, -0.2) is 44.9 Å². The van der Waals surface area contributed by atoms with E-state index in [4.69, 9.17) is 4.74 Å². The summed E-state index contributed by atoms with van der Waals surface area (Å²) < 4.78 is 21.1. The molecule has 39 heavy (non-hydrogen) atoms. The van der Waals surface area contributed by atoms with Crippen molar-refractivity contribution in [1.29, 1.82) is 0 Å². The quantitative estimate of drug-likeness (QED) is 0.232. The predicted molar refractivity (Wildman–Crippen MR) is 149 cm³/mol. The number of hydrogen-bond donors (Lipinski definition) is 2. The molecule has 12 heteroatoms. The van der Waals surface area contributed by atoms with Gasteiger partial charge < -0.3 is 19.9 Å². The fraction of sp³-hybridized carbons (Fsp3) is 0.444. The summed E-state index contributed by atoms with van der Waals surface area (Å²) in [4.78, 5) is 39.2. The molecular weight excluding hydrogens is 541 g/mol. The van der Waals surface area contributed by atoms with Gasteiger partial charge in [-0.15, -0.1) is 21.5 Å². The van der Waals surface area contributed by atoms with Gasteiger partial charge in [0.2, 0.25) is 5.91 Å². The van der Waals surface area contributed by atoms with E-state index in [9.17, 15) is 18.8 Å². The molecule has 0 spiro atoms. The summed E-state index contributed by atoms with van der Waals surface area (Å²) in [5.41, 5.74) is 1.43. The van der Waals surface area contributed by atoms with Crippen molar-refractivity contribution >= 4 is 45.9 Å². The van der Waals surface area contributed by atoms with Crippen LogP contribution in [0.5, 0.6) is 0 Å². The summed E-state index contributed by atoms with van der Waals surface area (Å²) >= 11 is 2.68. The van der Waals surface area contributed by atoms with Crippen LogP contribution in [0.15, 0.2) is 29.4 Å². The van der Waals surface area contributed by atoms with Gasteiger partial charge in [-0.05, 0) is 56.7 Å². The second-order valence-electron chi connectivity index (χ2n) is 9.04. The number of esters is 1. The van der Waals surface area contributed by atoms with Crippen molar-refractivity contribution in [2.24, 2.45) is 0 Å². The molecule has 1 aliphatic carbocycles. The first-order valence-corrected chi connectivity index (χ1v) is 14.9. The molecule has 9 nitrogen and oxygen atoms in total. The smallest absolute Gasteiger partial charge is 0.341 e. The van der Waals surface area contributed by atoms with Crippen molar-refractivity contribution in [3.63, 3.8) is 0 Å². The molecule has 0 radical (unpaired) electrons. The highest BCUT2D eigenvalue weighted by atomic mass is 32.2. The van der Waals surface area contributed by atoms with Gasteiger partial charge in [-0.25, -0.2) is 9.18 Å². The van der Waals surface area contributed by atoms with Crippen LogP contribution in [0, 0.1) is 5.82 Å². The molecular formula is C27H32FN5O4S2. The number of nitrogens with one attached hydrogen (secondary N) is 2. The summed E-state index contributed by atoms with van der Waals surface area (Å²) in [6.45, 7) is 4.78.